The summed E-state index contributed by atoms with van der Waals surface area (Å²) >= 11 is 1.40. The summed E-state index contributed by atoms with van der Waals surface area (Å²) < 4.78 is 14.6. The van der Waals surface area contributed by atoms with Crippen molar-refractivity contribution in [1.29, 1.82) is 0 Å². The first-order chi connectivity index (χ1) is 11.0. The molecule has 1 amide bonds. The largest absolute Gasteiger partial charge is 0.366 e. The molecule has 116 valence electrons. The minimum Gasteiger partial charge on any atom is -0.366 e. The number of hydrogen-bond acceptors (Lipinski definition) is 4. The van der Waals surface area contributed by atoms with Crippen molar-refractivity contribution in [3.05, 3.63) is 64.7 Å². The molecule has 1 heterocycles. The molecule has 0 saturated heterocycles. The fraction of sp³-hybridized carbons (Fsp3) is 0.0625. The Balaban J connectivity index is 1.97. The van der Waals surface area contributed by atoms with E-state index >= 15 is 0 Å². The van der Waals surface area contributed by atoms with Gasteiger partial charge in [-0.25, -0.2) is 14.1 Å². The first-order valence-corrected chi connectivity index (χ1v) is 7.59. The van der Waals surface area contributed by atoms with Crippen molar-refractivity contribution in [3.63, 3.8) is 0 Å². The summed E-state index contributed by atoms with van der Waals surface area (Å²) in [6.07, 6.45) is 0. The lowest BCUT2D eigenvalue weighted by Gasteiger charge is -1.97. The summed E-state index contributed by atoms with van der Waals surface area (Å²) in [5, 5.41) is 5.19. The molecule has 2 aromatic carbocycles. The molecule has 0 aliphatic rings. The second kappa shape index (κ2) is 6.13. The number of nitrogens with zero attached hydrogens (tertiary/aromatic N) is 3. The Morgan fingerprint density at radius 2 is 1.83 bits per heavy atom. The third-order valence-electron chi connectivity index (χ3n) is 3.17. The lowest BCUT2D eigenvalue weighted by Crippen LogP contribution is -2.10. The fourth-order valence-corrected chi connectivity index (χ4v) is 2.88. The van der Waals surface area contributed by atoms with E-state index in [1.54, 1.807) is 48.1 Å². The van der Waals surface area contributed by atoms with E-state index in [4.69, 9.17) is 5.73 Å². The predicted octanol–water partition coefficient (Wildman–Crippen LogP) is 2.62. The van der Waals surface area contributed by atoms with Crippen molar-refractivity contribution in [3.8, 4) is 10.6 Å². The van der Waals surface area contributed by atoms with Gasteiger partial charge in [-0.1, -0.05) is 23.5 Å². The van der Waals surface area contributed by atoms with Gasteiger partial charge in [0.05, 0.1) is 5.69 Å². The van der Waals surface area contributed by atoms with Crippen LogP contribution < -0.4 is 10.5 Å². The first-order valence-electron chi connectivity index (χ1n) is 6.77. The van der Waals surface area contributed by atoms with E-state index in [1.165, 1.54) is 23.5 Å². The van der Waals surface area contributed by atoms with Crippen LogP contribution in [0.25, 0.3) is 10.6 Å². The number of aryl methyl sites for hydroxylation is 1. The van der Waals surface area contributed by atoms with Gasteiger partial charge < -0.3 is 5.73 Å². The molecule has 0 aliphatic heterocycles. The van der Waals surface area contributed by atoms with Crippen LogP contribution in [0.2, 0.25) is 0 Å². The summed E-state index contributed by atoms with van der Waals surface area (Å²) in [4.78, 5) is 16.2. The summed E-state index contributed by atoms with van der Waals surface area (Å²) in [5.74, 6) is -0.763. The van der Waals surface area contributed by atoms with Gasteiger partial charge in [0.25, 0.3) is 0 Å². The van der Waals surface area contributed by atoms with Crippen LogP contribution >= 0.6 is 11.3 Å². The molecule has 0 bridgehead atoms. The van der Waals surface area contributed by atoms with E-state index in [0.717, 1.165) is 10.6 Å². The van der Waals surface area contributed by atoms with E-state index in [1.807, 2.05) is 0 Å². The lowest BCUT2D eigenvalue weighted by molar-refractivity contribution is 0.100. The molecule has 0 saturated carbocycles. The zero-order valence-electron chi connectivity index (χ0n) is 12.2. The maximum absolute atomic E-state index is 12.9. The number of nitrogens with two attached hydrogens (primary N) is 1. The molecule has 1 aromatic heterocycles. The molecular formula is C16H13FN4OS. The Bertz CT molecular complexity index is 911. The Morgan fingerprint density at radius 1 is 1.17 bits per heavy atom. The highest BCUT2D eigenvalue weighted by Gasteiger charge is 2.07. The Kier molecular flexibility index (Phi) is 4.03. The van der Waals surface area contributed by atoms with Crippen LogP contribution in [0.3, 0.4) is 0 Å². The molecule has 0 aliphatic carbocycles. The van der Waals surface area contributed by atoms with Gasteiger partial charge in [-0.2, -0.15) is 5.10 Å². The highest BCUT2D eigenvalue weighted by atomic mass is 32.1. The van der Waals surface area contributed by atoms with Crippen LogP contribution in [0.5, 0.6) is 0 Å². The third kappa shape index (κ3) is 3.35. The van der Waals surface area contributed by atoms with Crippen LogP contribution in [0.1, 0.15) is 10.4 Å². The summed E-state index contributed by atoms with van der Waals surface area (Å²) in [7, 11) is 1.79. The van der Waals surface area contributed by atoms with E-state index in [2.05, 4.69) is 10.1 Å². The zero-order chi connectivity index (χ0) is 16.4. The second-order valence-electron chi connectivity index (χ2n) is 4.84. The van der Waals surface area contributed by atoms with Gasteiger partial charge in [-0.15, -0.1) is 0 Å². The minimum absolute atomic E-state index is 0.298. The molecule has 3 aromatic rings. The predicted molar refractivity (Wildman–Crippen MR) is 86.7 cm³/mol. The van der Waals surface area contributed by atoms with Crippen molar-refractivity contribution in [2.45, 2.75) is 0 Å². The quantitative estimate of drug-likeness (QED) is 0.802. The molecule has 0 atom stereocenters. The van der Waals surface area contributed by atoms with Crippen molar-refractivity contribution < 1.29 is 9.18 Å². The number of rotatable bonds is 3. The van der Waals surface area contributed by atoms with E-state index < -0.39 is 5.91 Å². The lowest BCUT2D eigenvalue weighted by atomic mass is 10.1. The average Bonchev–Trinajstić information content (AvgIpc) is 2.91. The van der Waals surface area contributed by atoms with Crippen molar-refractivity contribution in [1.82, 2.24) is 9.78 Å². The van der Waals surface area contributed by atoms with Crippen LogP contribution in [0.4, 0.5) is 10.1 Å². The molecule has 0 radical (unpaired) electrons. The topological polar surface area (TPSA) is 73.3 Å². The van der Waals surface area contributed by atoms with Gasteiger partial charge in [-0.05, 0) is 36.4 Å². The number of benzene rings is 2. The van der Waals surface area contributed by atoms with Gasteiger partial charge >= 0.3 is 0 Å². The Morgan fingerprint density at radius 3 is 2.43 bits per heavy atom. The highest BCUT2D eigenvalue weighted by molar-refractivity contribution is 7.12. The zero-order valence-corrected chi connectivity index (χ0v) is 13.0. The van der Waals surface area contributed by atoms with Gasteiger partial charge in [0, 0.05) is 18.2 Å². The number of carbonyl (C=O) groups excluding carboxylic acids is 1. The normalized spacial score (nSPS) is 11.7. The van der Waals surface area contributed by atoms with Crippen molar-refractivity contribution >= 4 is 22.9 Å². The van der Waals surface area contributed by atoms with Crippen LogP contribution in [-0.4, -0.2) is 15.7 Å². The number of carbonyl (C=O) groups is 1. The Labute approximate surface area is 135 Å². The molecule has 0 fully saturated rings. The molecule has 23 heavy (non-hydrogen) atoms. The number of halogens is 1. The molecule has 0 unspecified atom stereocenters. The number of hydrogen-bond donors (Lipinski definition) is 1. The fourth-order valence-electron chi connectivity index (χ4n) is 1.97. The van der Waals surface area contributed by atoms with Gasteiger partial charge in [0.15, 0.2) is 0 Å². The standard InChI is InChI=1S/C16H13FN4OS/c1-21-16(19-13-8-6-12(17)7-9-13)23-15(20-21)11-4-2-10(3-5-11)14(18)22/h2-9H,1H3,(H2,18,22). The van der Waals surface area contributed by atoms with Gasteiger partial charge in [-0.3, -0.25) is 4.79 Å². The molecular weight excluding hydrogens is 315 g/mol. The van der Waals surface area contributed by atoms with Gasteiger partial charge in [0.1, 0.15) is 10.8 Å². The Hall–Kier alpha value is -2.80. The van der Waals surface area contributed by atoms with Gasteiger partial charge in [0.2, 0.25) is 10.7 Å². The van der Waals surface area contributed by atoms with E-state index in [0.29, 0.717) is 16.1 Å². The maximum Gasteiger partial charge on any atom is 0.248 e. The monoisotopic (exact) mass is 328 g/mol. The first kappa shape index (κ1) is 15.1. The number of primary amides is 1. The van der Waals surface area contributed by atoms with Crippen molar-refractivity contribution in [2.75, 3.05) is 0 Å². The van der Waals surface area contributed by atoms with Crippen LogP contribution in [0, 0.1) is 5.82 Å². The van der Waals surface area contributed by atoms with E-state index in [-0.39, 0.29) is 5.82 Å². The second-order valence-corrected chi connectivity index (χ2v) is 5.80. The minimum atomic E-state index is -0.465. The SMILES string of the molecule is Cn1nc(-c2ccc(C(N)=O)cc2)sc1=Nc1ccc(F)cc1. The third-order valence-corrected chi connectivity index (χ3v) is 4.22. The molecule has 3 rings (SSSR count). The van der Waals surface area contributed by atoms with Crippen LogP contribution in [-0.2, 0) is 7.05 Å². The summed E-state index contributed by atoms with van der Waals surface area (Å²) in [5.41, 5.74) is 7.20. The number of amides is 1. The maximum atomic E-state index is 12.9. The average molecular weight is 328 g/mol. The summed E-state index contributed by atoms with van der Waals surface area (Å²) in [6, 6.07) is 12.9. The van der Waals surface area contributed by atoms with Crippen LogP contribution in [0.15, 0.2) is 53.5 Å². The molecule has 5 nitrogen and oxygen atoms in total. The molecule has 7 heteroatoms. The van der Waals surface area contributed by atoms with Crippen molar-refractivity contribution in [2.24, 2.45) is 17.8 Å². The van der Waals surface area contributed by atoms with E-state index in [9.17, 15) is 9.18 Å². The highest BCUT2D eigenvalue weighted by Crippen LogP contribution is 2.20. The molecule has 0 spiro atoms. The summed E-state index contributed by atoms with van der Waals surface area (Å²) in [6.45, 7) is 0. The smallest absolute Gasteiger partial charge is 0.248 e. The molecule has 2 N–H and O–H groups in total. The number of aromatic nitrogens is 2.